The van der Waals surface area contributed by atoms with E-state index in [4.69, 9.17) is 23.7 Å². The van der Waals surface area contributed by atoms with E-state index in [9.17, 15) is 24.0 Å². The molecule has 0 aliphatic heterocycles. The summed E-state index contributed by atoms with van der Waals surface area (Å²) in [7, 11) is 1.92. The Labute approximate surface area is 239 Å². The molecule has 0 rings (SSSR count). The van der Waals surface area contributed by atoms with E-state index in [2.05, 4.69) is 6.92 Å². The molecule has 0 heterocycles. The highest BCUT2D eigenvalue weighted by molar-refractivity contribution is 5.69. The summed E-state index contributed by atoms with van der Waals surface area (Å²) in [4.78, 5) is 60.3. The van der Waals surface area contributed by atoms with E-state index in [0.717, 1.165) is 51.5 Å². The van der Waals surface area contributed by atoms with Gasteiger partial charge in [-0.05, 0) is 12.8 Å². The lowest BCUT2D eigenvalue weighted by Gasteiger charge is -2.35. The summed E-state index contributed by atoms with van der Waals surface area (Å²) in [6, 6.07) is 0. The molecule has 227 valence electrons. The van der Waals surface area contributed by atoms with Crippen molar-refractivity contribution in [1.29, 1.82) is 0 Å². The first kappa shape index (κ1) is 38.7. The van der Waals surface area contributed by atoms with Crippen molar-refractivity contribution in [2.45, 2.75) is 117 Å². The Hall–Kier alpha value is -2.40. The van der Waals surface area contributed by atoms with Crippen LogP contribution in [0.5, 0.6) is 0 Å². The molecule has 0 spiro atoms. The normalized spacial score (nSPS) is 14.4. The van der Waals surface area contributed by atoms with Gasteiger partial charge in [0.05, 0.1) is 20.5 Å². The zero-order chi connectivity index (χ0) is 29.1. The molecule has 0 bridgehead atoms. The second kappa shape index (κ2) is 22.4. The second-order valence-corrected chi connectivity index (χ2v) is 9.63. The van der Waals surface area contributed by atoms with E-state index >= 15 is 0 Å². The van der Waals surface area contributed by atoms with Gasteiger partial charge in [0.1, 0.15) is 6.54 Å². The van der Waals surface area contributed by atoms with E-state index in [1.54, 1.807) is 0 Å². The summed E-state index contributed by atoms with van der Waals surface area (Å²) in [6.07, 6.45) is 4.29. The lowest BCUT2D eigenvalue weighted by molar-refractivity contribution is -0.883. The Bertz CT molecular complexity index is 748. The number of quaternary nitrogens is 1. The van der Waals surface area contributed by atoms with Crippen LogP contribution >= 0.6 is 0 Å². The molecule has 39 heavy (non-hydrogen) atoms. The van der Waals surface area contributed by atoms with E-state index in [0.29, 0.717) is 0 Å². The quantitative estimate of drug-likeness (QED) is 0.0819. The maximum Gasteiger partial charge on any atom is 0.571 e. The first-order valence-electron chi connectivity index (χ1n) is 13.5. The number of hydrogen-bond donors (Lipinski definition) is 1. The molecule has 1 radical (unpaired) electrons. The number of ether oxygens (including phenoxy) is 5. The number of esters is 5. The molecule has 0 saturated carbocycles. The molecule has 1 N–H and O–H groups in total. The van der Waals surface area contributed by atoms with Gasteiger partial charge in [-0.1, -0.05) is 45.4 Å². The van der Waals surface area contributed by atoms with Crippen LogP contribution in [0.25, 0.3) is 0 Å². The highest BCUT2D eigenvalue weighted by atomic mass is 35.5. The highest BCUT2D eigenvalue weighted by Crippen LogP contribution is 2.20. The smallest absolute Gasteiger partial charge is 0.571 e. The molecule has 0 amide bonds. The largest absolute Gasteiger partial charge is 1.00 e. The highest BCUT2D eigenvalue weighted by Gasteiger charge is 2.46. The molecular weight excluding hydrogens is 534 g/mol. The first-order chi connectivity index (χ1) is 17.9. The van der Waals surface area contributed by atoms with Crippen molar-refractivity contribution in [3.05, 3.63) is 0 Å². The van der Waals surface area contributed by atoms with Crippen molar-refractivity contribution in [1.82, 2.24) is 0 Å². The fourth-order valence-corrected chi connectivity index (χ4v) is 4.15. The summed E-state index contributed by atoms with van der Waals surface area (Å²) >= 11 is 0. The third kappa shape index (κ3) is 20.2. The standard InChI is InChI=1S/C27H47NO10.ClH/c1-8-9-10-11-12-13-14-15-16-28(7)17-24(35-20(3)30)26(37-22(5)32)27(38-23(6)33)25(36-21(4)31)18-34-19(2)29;/h24-27H,8-18H2,1-7H3;1H/q+1;/t24-,25+,26+,27+;/m0./s1. The van der Waals surface area contributed by atoms with Crippen molar-refractivity contribution in [2.24, 2.45) is 0 Å². The SMILES string of the molecule is CCCCCCCCCC[NH+](C)C[C@H](OC(C)=O)[C@@H](OC(C)=O)[C@H](OC(C)=O)[C@@H](COC(C)=[O+])OC(C)=O.[Cl-]. The van der Waals surface area contributed by atoms with Gasteiger partial charge in [0.15, 0.2) is 18.3 Å². The first-order valence-corrected chi connectivity index (χ1v) is 13.5. The lowest BCUT2D eigenvalue weighted by atomic mass is 10.0. The van der Waals surface area contributed by atoms with Gasteiger partial charge in [-0.3, -0.25) is 19.2 Å². The number of likely N-dealkylation sites (N-methyl/N-ethyl adjacent to an activating group) is 1. The summed E-state index contributed by atoms with van der Waals surface area (Å²) in [5, 5.41) is 0. The summed E-state index contributed by atoms with van der Waals surface area (Å²) < 4.78 is 26.7. The van der Waals surface area contributed by atoms with Gasteiger partial charge < -0.3 is 41.0 Å². The molecule has 5 atom stereocenters. The minimum Gasteiger partial charge on any atom is -1.00 e. The average molecular weight is 582 g/mol. The zero-order valence-corrected chi connectivity index (χ0v) is 25.3. The molecule has 0 aliphatic rings. The summed E-state index contributed by atoms with van der Waals surface area (Å²) in [5.41, 5.74) is 0. The predicted molar refractivity (Wildman–Crippen MR) is 138 cm³/mol. The number of rotatable bonds is 20. The van der Waals surface area contributed by atoms with E-state index in [-0.39, 0.29) is 19.0 Å². The minimum absolute atomic E-state index is 0. The number of unbranched alkanes of at least 4 members (excludes halogenated alkanes) is 7. The molecule has 0 saturated heterocycles. The third-order valence-corrected chi connectivity index (χ3v) is 5.75. The second-order valence-electron chi connectivity index (χ2n) is 9.63. The van der Waals surface area contributed by atoms with Crippen LogP contribution in [0.4, 0.5) is 0 Å². The number of carbonyl (C=O) groups excluding carboxylic acids is 5. The van der Waals surface area contributed by atoms with Gasteiger partial charge in [0, 0.05) is 32.5 Å². The van der Waals surface area contributed by atoms with Crippen molar-refractivity contribution in [3.63, 3.8) is 0 Å². The summed E-state index contributed by atoms with van der Waals surface area (Å²) in [5.74, 6) is -3.49. The van der Waals surface area contributed by atoms with Crippen molar-refractivity contribution >= 4 is 29.8 Å². The molecular formula is C27H48ClNO10+. The molecule has 0 aromatic rings. The number of hydrogen-bond acceptors (Lipinski definition) is 10. The van der Waals surface area contributed by atoms with Gasteiger partial charge in [-0.2, -0.15) is 0 Å². The Morgan fingerprint density at radius 2 is 1.08 bits per heavy atom. The Morgan fingerprint density at radius 3 is 1.51 bits per heavy atom. The zero-order valence-electron chi connectivity index (χ0n) is 24.5. The van der Waals surface area contributed by atoms with Crippen molar-refractivity contribution in [3.8, 4) is 0 Å². The van der Waals surface area contributed by atoms with E-state index < -0.39 is 60.9 Å². The van der Waals surface area contributed by atoms with Crippen LogP contribution < -0.4 is 17.3 Å². The van der Waals surface area contributed by atoms with E-state index in [1.807, 2.05) is 7.05 Å². The molecule has 0 aromatic heterocycles. The lowest BCUT2D eigenvalue weighted by Crippen LogP contribution is -3.10. The van der Waals surface area contributed by atoms with Crippen LogP contribution in [0.15, 0.2) is 0 Å². The Morgan fingerprint density at radius 1 is 0.667 bits per heavy atom. The number of nitrogens with one attached hydrogen (secondary N) is 1. The summed E-state index contributed by atoms with van der Waals surface area (Å²) in [6.45, 7) is 8.55. The molecule has 0 fully saturated rings. The van der Waals surface area contributed by atoms with Gasteiger partial charge in [-0.15, -0.1) is 0 Å². The Kier molecular flexibility index (Phi) is 22.3. The topological polar surface area (TPSA) is 139 Å². The predicted octanol–water partition coefficient (Wildman–Crippen LogP) is -1.06. The van der Waals surface area contributed by atoms with Crippen LogP contribution in [0.3, 0.4) is 0 Å². The number of halogens is 1. The average Bonchev–Trinajstić information content (AvgIpc) is 2.79. The molecule has 12 heteroatoms. The van der Waals surface area contributed by atoms with Crippen LogP contribution in [0.2, 0.25) is 0 Å². The fourth-order valence-electron chi connectivity index (χ4n) is 4.15. The van der Waals surface area contributed by atoms with Crippen molar-refractivity contribution in [2.75, 3.05) is 26.7 Å². The molecule has 1 unspecified atom stereocenters. The molecule has 11 nitrogen and oxygen atoms in total. The minimum atomic E-state index is -1.40. The van der Waals surface area contributed by atoms with Crippen LogP contribution in [-0.2, 0) is 47.7 Å². The van der Waals surface area contributed by atoms with Gasteiger partial charge >= 0.3 is 29.8 Å². The fraction of sp³-hybridized carbons (Fsp3) is 0.815. The number of carbonyl (C=O) groups is 5. The molecule has 0 aromatic carbocycles. The van der Waals surface area contributed by atoms with Crippen molar-refractivity contribution < 1.29 is 65.0 Å². The Balaban J connectivity index is 0. The van der Waals surface area contributed by atoms with E-state index in [1.165, 1.54) is 46.0 Å². The van der Waals surface area contributed by atoms with Crippen LogP contribution in [0.1, 0.15) is 92.9 Å². The monoisotopic (exact) mass is 581 g/mol. The van der Waals surface area contributed by atoms with Crippen LogP contribution in [0, 0.1) is 0 Å². The maximum atomic E-state index is 12.1. The molecule has 0 aliphatic carbocycles. The van der Waals surface area contributed by atoms with Gasteiger partial charge in [0.25, 0.3) is 0 Å². The van der Waals surface area contributed by atoms with Gasteiger partial charge in [0.2, 0.25) is 12.7 Å². The maximum absolute atomic E-state index is 12.1. The third-order valence-electron chi connectivity index (χ3n) is 5.75. The van der Waals surface area contributed by atoms with Gasteiger partial charge in [-0.25, -0.2) is 0 Å². The van der Waals surface area contributed by atoms with Crippen LogP contribution in [-0.4, -0.2) is 81.0 Å².